The Morgan fingerprint density at radius 2 is 1.95 bits per heavy atom. The van der Waals surface area contributed by atoms with E-state index in [4.69, 9.17) is 14.6 Å². The van der Waals surface area contributed by atoms with Gasteiger partial charge in [-0.2, -0.15) is 20.7 Å². The van der Waals surface area contributed by atoms with Gasteiger partial charge in [-0.3, -0.25) is 9.58 Å². The van der Waals surface area contributed by atoms with Crippen LogP contribution in [-0.4, -0.2) is 69.0 Å². The summed E-state index contributed by atoms with van der Waals surface area (Å²) < 4.78 is 14.7. The summed E-state index contributed by atoms with van der Waals surface area (Å²) in [6.07, 6.45) is 9.76. The number of piperidine rings is 1. The maximum atomic E-state index is 10.9. The Balaban J connectivity index is 1.30. The molecule has 1 unspecified atom stereocenters. The summed E-state index contributed by atoms with van der Waals surface area (Å²) in [5, 5.41) is 39.0. The van der Waals surface area contributed by atoms with Gasteiger partial charge in [-0.05, 0) is 44.6 Å². The van der Waals surface area contributed by atoms with E-state index in [9.17, 15) is 15.6 Å². The van der Waals surface area contributed by atoms with Crippen molar-refractivity contribution in [1.29, 1.82) is 10.5 Å². The van der Waals surface area contributed by atoms with E-state index in [-0.39, 0.29) is 12.0 Å². The maximum Gasteiger partial charge on any atom is 0.146 e. The SMILES string of the molecule is COc1cc(-c2cnn(C3CCN(C(O)/C(C#N)=C/C4CCOCC4)CC3)c2C)cn2ncc(C#N)c12. The fraction of sp³-hybridized carbons (Fsp3) is 0.481. The van der Waals surface area contributed by atoms with E-state index in [1.54, 1.807) is 11.6 Å². The fourth-order valence-corrected chi connectivity index (χ4v) is 5.43. The third kappa shape index (κ3) is 4.84. The number of hydrogen-bond donors (Lipinski definition) is 1. The average molecular weight is 502 g/mol. The van der Waals surface area contributed by atoms with Crippen molar-refractivity contribution in [3.63, 3.8) is 0 Å². The monoisotopic (exact) mass is 501 g/mol. The number of pyridine rings is 1. The fourth-order valence-electron chi connectivity index (χ4n) is 5.43. The zero-order valence-corrected chi connectivity index (χ0v) is 21.2. The molecular formula is C27H31N7O3. The standard InChI is InChI=1S/C27H31N7O3/c1-18-24(21-12-25(36-2)26-22(14-29)15-30-33(26)17-21)16-31-34(18)23-3-7-32(8-4-23)27(35)20(13-28)11-19-5-9-37-10-6-19/h11-12,15-17,19,23,27,35H,3-10H2,1-2H3/b20-11+. The number of rotatable bonds is 6. The van der Waals surface area contributed by atoms with Crippen LogP contribution in [0.15, 0.2) is 36.3 Å². The summed E-state index contributed by atoms with van der Waals surface area (Å²) in [5.74, 6) is 0.870. The highest BCUT2D eigenvalue weighted by Crippen LogP contribution is 2.34. The Bertz CT molecular complexity index is 1380. The molecule has 1 atom stereocenters. The minimum atomic E-state index is -0.880. The van der Waals surface area contributed by atoms with E-state index in [0.717, 1.165) is 42.5 Å². The van der Waals surface area contributed by atoms with Crippen molar-refractivity contribution in [1.82, 2.24) is 24.3 Å². The van der Waals surface area contributed by atoms with Crippen molar-refractivity contribution in [2.45, 2.75) is 44.9 Å². The van der Waals surface area contributed by atoms with E-state index in [1.165, 1.54) is 6.20 Å². The van der Waals surface area contributed by atoms with Gasteiger partial charge in [-0.25, -0.2) is 4.52 Å². The van der Waals surface area contributed by atoms with Crippen molar-refractivity contribution in [2.24, 2.45) is 5.92 Å². The molecule has 1 N–H and O–H groups in total. The van der Waals surface area contributed by atoms with Crippen molar-refractivity contribution < 1.29 is 14.6 Å². The van der Waals surface area contributed by atoms with E-state index >= 15 is 0 Å². The topological polar surface area (TPSA) is 125 Å². The molecule has 2 aliphatic rings. The van der Waals surface area contributed by atoms with Gasteiger partial charge in [0.1, 0.15) is 29.1 Å². The highest BCUT2D eigenvalue weighted by atomic mass is 16.5. The number of allylic oxidation sites excluding steroid dienone is 1. The van der Waals surface area contributed by atoms with Crippen LogP contribution in [0, 0.1) is 35.5 Å². The van der Waals surface area contributed by atoms with Crippen LogP contribution < -0.4 is 4.74 Å². The number of aliphatic hydroxyl groups excluding tert-OH is 1. The quantitative estimate of drug-likeness (QED) is 0.511. The van der Waals surface area contributed by atoms with Gasteiger partial charge in [0, 0.05) is 49.3 Å². The minimum Gasteiger partial charge on any atom is -0.494 e. The molecule has 3 aromatic heterocycles. The molecule has 5 rings (SSSR count). The number of aliphatic hydroxyl groups is 1. The Kier molecular flexibility index (Phi) is 7.24. The first-order valence-corrected chi connectivity index (χ1v) is 12.7. The molecule has 37 heavy (non-hydrogen) atoms. The summed E-state index contributed by atoms with van der Waals surface area (Å²) in [6.45, 7) is 4.81. The van der Waals surface area contributed by atoms with Crippen LogP contribution in [0.4, 0.5) is 0 Å². The number of fused-ring (bicyclic) bond motifs is 1. The van der Waals surface area contributed by atoms with Crippen molar-refractivity contribution >= 4 is 5.52 Å². The summed E-state index contributed by atoms with van der Waals surface area (Å²) in [7, 11) is 1.59. The molecule has 192 valence electrons. The maximum absolute atomic E-state index is 10.9. The number of hydrogen-bond acceptors (Lipinski definition) is 8. The molecule has 0 saturated carbocycles. The molecule has 2 saturated heterocycles. The first-order valence-electron chi connectivity index (χ1n) is 12.7. The van der Waals surface area contributed by atoms with Gasteiger partial charge in [-0.15, -0.1) is 0 Å². The molecular weight excluding hydrogens is 470 g/mol. The summed E-state index contributed by atoms with van der Waals surface area (Å²) >= 11 is 0. The lowest BCUT2D eigenvalue weighted by molar-refractivity contribution is 0.0109. The molecule has 0 amide bonds. The lowest BCUT2D eigenvalue weighted by Crippen LogP contribution is -2.43. The average Bonchev–Trinajstić information content (AvgIpc) is 3.54. The number of methoxy groups -OCH3 is 1. The number of aromatic nitrogens is 4. The second kappa shape index (κ2) is 10.7. The lowest BCUT2D eigenvalue weighted by Gasteiger charge is -2.35. The largest absolute Gasteiger partial charge is 0.494 e. The van der Waals surface area contributed by atoms with Gasteiger partial charge in [0.2, 0.25) is 0 Å². The van der Waals surface area contributed by atoms with Crippen LogP contribution in [0.1, 0.15) is 43.0 Å². The molecule has 0 aromatic carbocycles. The first-order chi connectivity index (χ1) is 18.0. The molecule has 5 heterocycles. The third-order valence-corrected chi connectivity index (χ3v) is 7.55. The van der Waals surface area contributed by atoms with E-state index < -0.39 is 6.23 Å². The second-order valence-electron chi connectivity index (χ2n) is 9.67. The molecule has 10 nitrogen and oxygen atoms in total. The highest BCUT2D eigenvalue weighted by molar-refractivity contribution is 5.75. The number of likely N-dealkylation sites (tertiary alicyclic amines) is 1. The Morgan fingerprint density at radius 3 is 2.62 bits per heavy atom. The Morgan fingerprint density at radius 1 is 1.19 bits per heavy atom. The van der Waals surface area contributed by atoms with Crippen LogP contribution in [-0.2, 0) is 4.74 Å². The van der Waals surface area contributed by atoms with Gasteiger partial charge in [0.05, 0.1) is 37.2 Å². The van der Waals surface area contributed by atoms with Gasteiger partial charge in [-0.1, -0.05) is 6.08 Å². The van der Waals surface area contributed by atoms with Crippen LogP contribution >= 0.6 is 0 Å². The van der Waals surface area contributed by atoms with E-state index in [2.05, 4.69) is 28.8 Å². The molecule has 0 aliphatic carbocycles. The molecule has 2 aliphatic heterocycles. The summed E-state index contributed by atoms with van der Waals surface area (Å²) in [5.41, 5.74) is 4.46. The predicted octanol–water partition coefficient (Wildman–Crippen LogP) is 3.22. The molecule has 0 radical (unpaired) electrons. The van der Waals surface area contributed by atoms with E-state index in [1.807, 2.05) is 29.4 Å². The normalized spacial score (nSPS) is 19.0. The highest BCUT2D eigenvalue weighted by Gasteiger charge is 2.29. The first kappa shape index (κ1) is 25.0. The van der Waals surface area contributed by atoms with Gasteiger partial charge >= 0.3 is 0 Å². The van der Waals surface area contributed by atoms with Crippen molar-refractivity contribution in [2.75, 3.05) is 33.4 Å². The zero-order valence-electron chi connectivity index (χ0n) is 21.2. The van der Waals surface area contributed by atoms with Gasteiger partial charge in [0.25, 0.3) is 0 Å². The molecule has 2 fully saturated rings. The van der Waals surface area contributed by atoms with Gasteiger partial charge in [0.15, 0.2) is 0 Å². The van der Waals surface area contributed by atoms with E-state index in [0.29, 0.717) is 48.7 Å². The summed E-state index contributed by atoms with van der Waals surface area (Å²) in [4.78, 5) is 1.98. The van der Waals surface area contributed by atoms with Gasteiger partial charge < -0.3 is 14.6 Å². The summed E-state index contributed by atoms with van der Waals surface area (Å²) in [6, 6.07) is 6.49. The van der Waals surface area contributed by atoms with Crippen LogP contribution in [0.2, 0.25) is 0 Å². The number of nitriles is 2. The molecule has 0 bridgehead atoms. The molecule has 3 aromatic rings. The zero-order chi connectivity index (χ0) is 25.9. The second-order valence-corrected chi connectivity index (χ2v) is 9.67. The Labute approximate surface area is 215 Å². The minimum absolute atomic E-state index is 0.197. The van der Waals surface area contributed by atoms with Crippen LogP contribution in [0.25, 0.3) is 16.6 Å². The van der Waals surface area contributed by atoms with Crippen LogP contribution in [0.5, 0.6) is 5.75 Å². The third-order valence-electron chi connectivity index (χ3n) is 7.55. The number of nitrogens with zero attached hydrogens (tertiary/aromatic N) is 7. The van der Waals surface area contributed by atoms with Crippen molar-refractivity contribution in [3.8, 4) is 29.0 Å². The van der Waals surface area contributed by atoms with Crippen molar-refractivity contribution in [3.05, 3.63) is 47.6 Å². The molecule has 10 heteroatoms. The Hall–Kier alpha value is -3.70. The smallest absolute Gasteiger partial charge is 0.146 e. The molecule has 0 spiro atoms. The number of ether oxygens (including phenoxy) is 2. The lowest BCUT2D eigenvalue weighted by atomic mass is 9.96. The van der Waals surface area contributed by atoms with Crippen LogP contribution in [0.3, 0.4) is 0 Å². The predicted molar refractivity (Wildman–Crippen MR) is 136 cm³/mol.